The van der Waals surface area contributed by atoms with Crippen molar-refractivity contribution in [3.05, 3.63) is 133 Å². The number of benzene rings is 5. The van der Waals surface area contributed by atoms with E-state index in [4.69, 9.17) is 0 Å². The summed E-state index contributed by atoms with van der Waals surface area (Å²) in [5.41, 5.74) is 0. The minimum atomic E-state index is 1.31. The predicted octanol–water partition coefficient (Wildman–Crippen LogP) is 19.7. The quantitative estimate of drug-likeness (QED) is 0.151. The number of hydrogen-bond acceptors (Lipinski definition) is 0. The monoisotopic (exact) mass is 695 g/mol. The normalized spacial score (nSPS) is 6.40. The Morgan fingerprint density at radius 2 is 0.220 bits per heavy atom. The Morgan fingerprint density at radius 1 is 0.140 bits per heavy atom. The van der Waals surface area contributed by atoms with Crippen molar-refractivity contribution in [2.75, 3.05) is 0 Å². The van der Waals surface area contributed by atoms with Crippen molar-refractivity contribution in [3.8, 4) is 0 Å². The molecule has 0 N–H and O–H groups in total. The van der Waals surface area contributed by atoms with Crippen LogP contribution in [0.2, 0.25) is 0 Å². The summed E-state index contributed by atoms with van der Waals surface area (Å²) in [6.45, 7) is 48.0. The Labute approximate surface area is 320 Å². The lowest BCUT2D eigenvalue weighted by atomic mass is 10.1. The van der Waals surface area contributed by atoms with Gasteiger partial charge in [-0.25, -0.2) is 0 Å². The fraction of sp³-hybridized carbons (Fsp3) is 0.480. The van der Waals surface area contributed by atoms with E-state index in [0.717, 1.165) is 0 Å². The van der Waals surface area contributed by atoms with Crippen LogP contribution >= 0.6 is 0 Å². The van der Waals surface area contributed by atoms with E-state index in [1.54, 1.807) is 0 Å². The van der Waals surface area contributed by atoms with Crippen LogP contribution in [-0.2, 0) is 0 Å². The van der Waals surface area contributed by atoms with Crippen LogP contribution in [0.25, 0.3) is 21.5 Å². The summed E-state index contributed by atoms with van der Waals surface area (Å²) in [7, 11) is 0. The summed E-state index contributed by atoms with van der Waals surface area (Å²) < 4.78 is 0. The molecule has 0 aliphatic heterocycles. The molecule has 0 bridgehead atoms. The molecular weight excluding hydrogens is 601 g/mol. The molecule has 0 spiro atoms. The fourth-order valence-electron chi connectivity index (χ4n) is 2.65. The first kappa shape index (κ1) is 72.4. The van der Waals surface area contributed by atoms with Crippen LogP contribution in [-0.4, -0.2) is 0 Å². The molecule has 0 fully saturated rings. The molecule has 5 aromatic carbocycles. The van der Waals surface area contributed by atoms with E-state index in [9.17, 15) is 0 Å². The van der Waals surface area contributed by atoms with Gasteiger partial charge in [0.05, 0.1) is 0 Å². The highest BCUT2D eigenvalue weighted by molar-refractivity contribution is 5.82. The molecule has 294 valence electrons. The first-order chi connectivity index (χ1) is 24.9. The highest BCUT2D eigenvalue weighted by Gasteiger charge is 1.86. The second-order valence-electron chi connectivity index (χ2n) is 5.85. The van der Waals surface area contributed by atoms with Gasteiger partial charge >= 0.3 is 0 Å². The topological polar surface area (TPSA) is 0 Å². The zero-order chi connectivity index (χ0) is 41.9. The Kier molecular flexibility index (Phi) is 140. The molecule has 0 heterocycles. The maximum absolute atomic E-state index is 2.12. The van der Waals surface area contributed by atoms with E-state index in [1.165, 1.54) is 21.5 Å². The summed E-state index contributed by atoms with van der Waals surface area (Å²) in [6.07, 6.45) is 0. The molecule has 0 saturated carbocycles. The van der Waals surface area contributed by atoms with Crippen molar-refractivity contribution < 1.29 is 0 Å². The Bertz CT molecular complexity index is 804. The SMILES string of the molecule is CC.CC.CC.CC.CC.CC.CC.CC.CC.CC.CC.CC.c1ccc2ccccc2c1.c1ccc2ccccc2c1.c1ccccc1. The van der Waals surface area contributed by atoms with Crippen molar-refractivity contribution in [2.45, 2.75) is 166 Å². The molecule has 0 nitrogen and oxygen atoms in total. The maximum atomic E-state index is 2.12. The van der Waals surface area contributed by atoms with Gasteiger partial charge in [0, 0.05) is 0 Å². The second-order valence-corrected chi connectivity index (χ2v) is 5.85. The molecule has 0 saturated heterocycles. The van der Waals surface area contributed by atoms with Gasteiger partial charge in [0.1, 0.15) is 0 Å². The molecule has 0 radical (unpaired) electrons. The molecule has 0 aliphatic carbocycles. The van der Waals surface area contributed by atoms with Gasteiger partial charge in [-0.15, -0.1) is 0 Å². The van der Waals surface area contributed by atoms with Crippen molar-refractivity contribution in [1.82, 2.24) is 0 Å². The summed E-state index contributed by atoms with van der Waals surface area (Å²) in [5.74, 6) is 0. The second kappa shape index (κ2) is 96.9. The van der Waals surface area contributed by atoms with Crippen LogP contribution in [0.1, 0.15) is 166 Å². The molecule has 5 aromatic rings. The maximum Gasteiger partial charge on any atom is -0.0184 e. The van der Waals surface area contributed by atoms with Gasteiger partial charge < -0.3 is 0 Å². The minimum absolute atomic E-state index is 1.31. The Balaban J connectivity index is -0.0000000468. The molecule has 0 amide bonds. The molecule has 0 unspecified atom stereocenters. The third kappa shape index (κ3) is 56.9. The van der Waals surface area contributed by atoms with Crippen molar-refractivity contribution in [3.63, 3.8) is 0 Å². The number of hydrogen-bond donors (Lipinski definition) is 0. The molecule has 0 aromatic heterocycles. The largest absolute Gasteiger partial charge is 0.0683 e. The summed E-state index contributed by atoms with van der Waals surface area (Å²) >= 11 is 0. The lowest BCUT2D eigenvalue weighted by molar-refractivity contribution is 1.50. The molecular formula is C50H94. The van der Waals surface area contributed by atoms with E-state index in [-0.39, 0.29) is 0 Å². The van der Waals surface area contributed by atoms with Crippen LogP contribution in [0.4, 0.5) is 0 Å². The van der Waals surface area contributed by atoms with E-state index in [0.29, 0.717) is 0 Å². The van der Waals surface area contributed by atoms with Gasteiger partial charge in [0.2, 0.25) is 0 Å². The zero-order valence-corrected chi connectivity index (χ0v) is 38.7. The van der Waals surface area contributed by atoms with E-state index < -0.39 is 0 Å². The average molecular weight is 695 g/mol. The van der Waals surface area contributed by atoms with Crippen LogP contribution in [0.5, 0.6) is 0 Å². The average Bonchev–Trinajstić information content (AvgIpc) is 3.30. The van der Waals surface area contributed by atoms with Gasteiger partial charge in [0.25, 0.3) is 0 Å². The highest BCUT2D eigenvalue weighted by Crippen LogP contribution is 2.12. The highest BCUT2D eigenvalue weighted by atomic mass is 13.9. The predicted molar refractivity (Wildman–Crippen MR) is 251 cm³/mol. The number of rotatable bonds is 0. The molecule has 0 atom stereocenters. The van der Waals surface area contributed by atoms with Gasteiger partial charge in [-0.1, -0.05) is 300 Å². The standard InChI is InChI=1S/2C10H8.C6H6.12C2H6/c2*1-2-6-10-8-4-3-7-9(10)5-1;1-2-4-6-5-3-1;12*1-2/h2*1-8H;1-6H;12*1-2H3. The van der Waals surface area contributed by atoms with Crippen molar-refractivity contribution in [1.29, 1.82) is 0 Å². The summed E-state index contributed by atoms with van der Waals surface area (Å²) in [6, 6.07) is 45.4. The summed E-state index contributed by atoms with van der Waals surface area (Å²) in [5, 5.41) is 5.24. The summed E-state index contributed by atoms with van der Waals surface area (Å²) in [4.78, 5) is 0. The Morgan fingerprint density at radius 3 is 0.300 bits per heavy atom. The van der Waals surface area contributed by atoms with E-state index in [1.807, 2.05) is 203 Å². The lowest BCUT2D eigenvalue weighted by Gasteiger charge is -1.92. The van der Waals surface area contributed by atoms with Crippen LogP contribution in [0.3, 0.4) is 0 Å². The van der Waals surface area contributed by atoms with Crippen LogP contribution in [0.15, 0.2) is 133 Å². The van der Waals surface area contributed by atoms with Crippen molar-refractivity contribution in [2.24, 2.45) is 0 Å². The van der Waals surface area contributed by atoms with Gasteiger partial charge in [-0.2, -0.15) is 0 Å². The lowest BCUT2D eigenvalue weighted by Crippen LogP contribution is -1.67. The van der Waals surface area contributed by atoms with E-state index >= 15 is 0 Å². The molecule has 5 rings (SSSR count). The minimum Gasteiger partial charge on any atom is -0.0683 e. The van der Waals surface area contributed by atoms with Gasteiger partial charge in [-0.05, 0) is 21.5 Å². The van der Waals surface area contributed by atoms with E-state index in [2.05, 4.69) is 97.1 Å². The third-order valence-corrected chi connectivity index (χ3v) is 3.98. The third-order valence-electron chi connectivity index (χ3n) is 3.98. The fourth-order valence-corrected chi connectivity index (χ4v) is 2.65. The first-order valence-electron chi connectivity index (χ1n) is 20.8. The van der Waals surface area contributed by atoms with Gasteiger partial charge in [-0.3, -0.25) is 0 Å². The first-order valence-corrected chi connectivity index (χ1v) is 20.8. The smallest absolute Gasteiger partial charge is 0.0184 e. The van der Waals surface area contributed by atoms with Crippen LogP contribution in [0, 0.1) is 0 Å². The van der Waals surface area contributed by atoms with Crippen molar-refractivity contribution >= 4 is 21.5 Å². The number of fused-ring (bicyclic) bond motifs is 2. The molecule has 0 heteroatoms. The Hall–Kier alpha value is -3.38. The zero-order valence-electron chi connectivity index (χ0n) is 38.7. The molecule has 50 heavy (non-hydrogen) atoms. The van der Waals surface area contributed by atoms with Gasteiger partial charge in [0.15, 0.2) is 0 Å². The van der Waals surface area contributed by atoms with Crippen LogP contribution < -0.4 is 0 Å². The molecule has 0 aliphatic rings.